The highest BCUT2D eigenvalue weighted by molar-refractivity contribution is 6.30. The molecule has 0 aliphatic rings. The van der Waals surface area contributed by atoms with E-state index < -0.39 is 10.6 Å². The Balaban J connectivity index is 2.43. The Morgan fingerprint density at radius 3 is 2.89 bits per heavy atom. The summed E-state index contributed by atoms with van der Waals surface area (Å²) in [6, 6.07) is 4.05. The second kappa shape index (κ2) is 5.07. The van der Waals surface area contributed by atoms with Gasteiger partial charge in [0.2, 0.25) is 0 Å². The first-order valence-electron chi connectivity index (χ1n) is 5.22. The average Bonchev–Trinajstić information content (AvgIpc) is 2.36. The Kier molecular flexibility index (Phi) is 3.48. The molecule has 0 atom stereocenters. The van der Waals surface area contributed by atoms with Crippen LogP contribution in [0.2, 0.25) is 5.02 Å². The lowest BCUT2D eigenvalue weighted by Gasteiger charge is -2.08. The number of aromatic nitrogens is 2. The fourth-order valence-corrected chi connectivity index (χ4v) is 1.73. The molecule has 0 bridgehead atoms. The van der Waals surface area contributed by atoms with Gasteiger partial charge in [-0.15, -0.1) is 0 Å². The van der Waals surface area contributed by atoms with Gasteiger partial charge in [-0.05, 0) is 6.07 Å². The van der Waals surface area contributed by atoms with Crippen LogP contribution in [0, 0.1) is 10.1 Å². The van der Waals surface area contributed by atoms with E-state index in [1.165, 1.54) is 35.2 Å². The molecule has 0 unspecified atom stereocenters. The van der Waals surface area contributed by atoms with Crippen LogP contribution in [0.4, 0.5) is 11.4 Å². The SMILES string of the molecule is Nc1ccc([N+](=O)[O-])cc1Cn1cc(Cl)cnc1=O. The largest absolute Gasteiger partial charge is 0.398 e. The van der Waals surface area contributed by atoms with Crippen molar-refractivity contribution in [1.29, 1.82) is 0 Å². The number of anilines is 1. The molecule has 1 heterocycles. The molecule has 2 aromatic rings. The number of nitrogens with zero attached hydrogens (tertiary/aromatic N) is 3. The summed E-state index contributed by atoms with van der Waals surface area (Å²) >= 11 is 5.74. The van der Waals surface area contributed by atoms with Gasteiger partial charge in [0.1, 0.15) is 0 Å². The zero-order chi connectivity index (χ0) is 14.0. The monoisotopic (exact) mass is 280 g/mol. The third-order valence-electron chi connectivity index (χ3n) is 2.50. The maximum absolute atomic E-state index is 11.5. The molecular formula is C11H9ClN4O3. The number of nitrogen functional groups attached to an aromatic ring is 1. The highest BCUT2D eigenvalue weighted by Gasteiger charge is 2.10. The predicted octanol–water partition coefficient (Wildman–Crippen LogP) is 1.44. The van der Waals surface area contributed by atoms with E-state index in [9.17, 15) is 14.9 Å². The summed E-state index contributed by atoms with van der Waals surface area (Å²) < 4.78 is 1.23. The van der Waals surface area contributed by atoms with Crippen molar-refractivity contribution in [3.05, 3.63) is 61.8 Å². The zero-order valence-corrected chi connectivity index (χ0v) is 10.4. The number of hydrogen-bond acceptors (Lipinski definition) is 5. The normalized spacial score (nSPS) is 10.4. The first kappa shape index (κ1) is 13.0. The summed E-state index contributed by atoms with van der Waals surface area (Å²) in [4.78, 5) is 25.3. The van der Waals surface area contributed by atoms with Gasteiger partial charge in [0.25, 0.3) is 5.69 Å². The molecule has 0 amide bonds. The highest BCUT2D eigenvalue weighted by Crippen LogP contribution is 2.20. The fraction of sp³-hybridized carbons (Fsp3) is 0.0909. The van der Waals surface area contributed by atoms with Crippen molar-refractivity contribution in [2.75, 3.05) is 5.73 Å². The van der Waals surface area contributed by atoms with Crippen LogP contribution in [0.1, 0.15) is 5.56 Å². The van der Waals surface area contributed by atoms with Crippen LogP contribution >= 0.6 is 11.6 Å². The number of nitrogens with two attached hydrogens (primary N) is 1. The van der Waals surface area contributed by atoms with Gasteiger partial charge < -0.3 is 5.73 Å². The molecule has 0 saturated carbocycles. The molecule has 0 saturated heterocycles. The van der Waals surface area contributed by atoms with E-state index in [1.807, 2.05) is 0 Å². The summed E-state index contributed by atoms with van der Waals surface area (Å²) in [5.74, 6) is 0. The van der Waals surface area contributed by atoms with Gasteiger partial charge in [-0.1, -0.05) is 11.6 Å². The van der Waals surface area contributed by atoms with Gasteiger partial charge in [0, 0.05) is 29.6 Å². The lowest BCUT2D eigenvalue weighted by atomic mass is 10.1. The van der Waals surface area contributed by atoms with Crippen LogP contribution in [0.3, 0.4) is 0 Å². The summed E-state index contributed by atoms with van der Waals surface area (Å²) in [7, 11) is 0. The number of non-ortho nitro benzene ring substituents is 1. The Morgan fingerprint density at radius 1 is 1.47 bits per heavy atom. The molecule has 8 heteroatoms. The summed E-state index contributed by atoms with van der Waals surface area (Å²) in [6.45, 7) is 0.0694. The molecule has 2 rings (SSSR count). The molecule has 1 aromatic heterocycles. The van der Waals surface area contributed by atoms with Crippen LogP contribution in [0.15, 0.2) is 35.4 Å². The molecule has 98 valence electrons. The van der Waals surface area contributed by atoms with E-state index in [2.05, 4.69) is 4.98 Å². The van der Waals surface area contributed by atoms with Crippen molar-refractivity contribution in [3.8, 4) is 0 Å². The Bertz CT molecular complexity index is 699. The van der Waals surface area contributed by atoms with E-state index in [1.54, 1.807) is 0 Å². The number of hydrogen-bond donors (Lipinski definition) is 1. The highest BCUT2D eigenvalue weighted by atomic mass is 35.5. The lowest BCUT2D eigenvalue weighted by Crippen LogP contribution is -2.22. The van der Waals surface area contributed by atoms with E-state index in [4.69, 9.17) is 17.3 Å². The number of benzene rings is 1. The maximum Gasteiger partial charge on any atom is 0.347 e. The molecule has 19 heavy (non-hydrogen) atoms. The van der Waals surface area contributed by atoms with Gasteiger partial charge >= 0.3 is 5.69 Å². The number of nitro benzene ring substituents is 1. The number of rotatable bonds is 3. The summed E-state index contributed by atoms with van der Waals surface area (Å²) in [5, 5.41) is 11.0. The molecule has 1 aromatic carbocycles. The van der Waals surface area contributed by atoms with E-state index >= 15 is 0 Å². The van der Waals surface area contributed by atoms with Gasteiger partial charge in [-0.3, -0.25) is 14.7 Å². The molecule has 0 radical (unpaired) electrons. The quantitative estimate of drug-likeness (QED) is 0.520. The molecule has 0 aliphatic heterocycles. The minimum absolute atomic E-state index is 0.0694. The molecular weight excluding hydrogens is 272 g/mol. The Morgan fingerprint density at radius 2 is 2.21 bits per heavy atom. The van der Waals surface area contributed by atoms with Crippen molar-refractivity contribution in [2.24, 2.45) is 0 Å². The van der Waals surface area contributed by atoms with Crippen molar-refractivity contribution < 1.29 is 4.92 Å². The van der Waals surface area contributed by atoms with Gasteiger partial charge in [0.05, 0.1) is 22.7 Å². The minimum atomic E-state index is -0.526. The smallest absolute Gasteiger partial charge is 0.347 e. The third-order valence-corrected chi connectivity index (χ3v) is 2.70. The van der Waals surface area contributed by atoms with Crippen LogP contribution in [0.5, 0.6) is 0 Å². The van der Waals surface area contributed by atoms with E-state index in [-0.39, 0.29) is 12.2 Å². The van der Waals surface area contributed by atoms with Crippen LogP contribution < -0.4 is 11.4 Å². The molecule has 0 spiro atoms. The van der Waals surface area contributed by atoms with Crippen molar-refractivity contribution >= 4 is 23.0 Å². The maximum atomic E-state index is 11.5. The van der Waals surface area contributed by atoms with Gasteiger partial charge in [0.15, 0.2) is 0 Å². The predicted molar refractivity (Wildman–Crippen MR) is 70.1 cm³/mol. The number of nitro groups is 1. The Labute approximate surface area is 112 Å². The molecule has 2 N–H and O–H groups in total. The molecule has 0 aliphatic carbocycles. The van der Waals surface area contributed by atoms with Crippen molar-refractivity contribution in [3.63, 3.8) is 0 Å². The zero-order valence-electron chi connectivity index (χ0n) is 9.62. The molecule has 0 fully saturated rings. The van der Waals surface area contributed by atoms with E-state index in [0.717, 1.165) is 0 Å². The van der Waals surface area contributed by atoms with E-state index in [0.29, 0.717) is 16.3 Å². The first-order valence-corrected chi connectivity index (χ1v) is 5.60. The topological polar surface area (TPSA) is 104 Å². The second-order valence-corrected chi connectivity index (χ2v) is 4.26. The number of halogens is 1. The lowest BCUT2D eigenvalue weighted by molar-refractivity contribution is -0.384. The Hall–Kier alpha value is -2.41. The van der Waals surface area contributed by atoms with Crippen molar-refractivity contribution in [2.45, 2.75) is 6.54 Å². The van der Waals surface area contributed by atoms with Gasteiger partial charge in [-0.25, -0.2) is 9.78 Å². The summed E-state index contributed by atoms with van der Waals surface area (Å²) in [6.07, 6.45) is 2.63. The van der Waals surface area contributed by atoms with Crippen LogP contribution in [0.25, 0.3) is 0 Å². The van der Waals surface area contributed by atoms with Crippen LogP contribution in [-0.2, 0) is 6.54 Å². The molecule has 7 nitrogen and oxygen atoms in total. The second-order valence-electron chi connectivity index (χ2n) is 3.82. The van der Waals surface area contributed by atoms with Gasteiger partial charge in [-0.2, -0.15) is 0 Å². The third kappa shape index (κ3) is 2.89. The fourth-order valence-electron chi connectivity index (χ4n) is 1.57. The van der Waals surface area contributed by atoms with Crippen LogP contribution in [-0.4, -0.2) is 14.5 Å². The summed E-state index contributed by atoms with van der Waals surface area (Å²) in [5.41, 5.74) is 5.96. The minimum Gasteiger partial charge on any atom is -0.398 e. The average molecular weight is 281 g/mol. The first-order chi connectivity index (χ1) is 8.97. The standard InChI is InChI=1S/C11H9ClN4O3/c12-8-4-14-11(17)15(6-8)5-7-3-9(16(18)19)1-2-10(7)13/h1-4,6H,5,13H2. The van der Waals surface area contributed by atoms with Crippen molar-refractivity contribution in [1.82, 2.24) is 9.55 Å².